The molecule has 1 fully saturated rings. The van der Waals surface area contributed by atoms with Gasteiger partial charge in [0.25, 0.3) is 0 Å². The molecule has 0 saturated heterocycles. The van der Waals surface area contributed by atoms with Gasteiger partial charge in [-0.1, -0.05) is 46.0 Å². The predicted octanol–water partition coefficient (Wildman–Crippen LogP) is 5.24. The second-order valence-electron chi connectivity index (χ2n) is 5.48. The number of unbranched alkanes of at least 4 members (excludes halogenated alkanes) is 1. The number of rotatable bonds is 7. The van der Waals surface area contributed by atoms with Gasteiger partial charge in [-0.2, -0.15) is 0 Å². The molecule has 0 aromatic rings. The lowest BCUT2D eigenvalue weighted by Gasteiger charge is -2.28. The van der Waals surface area contributed by atoms with Crippen molar-refractivity contribution in [2.45, 2.75) is 78.6 Å². The van der Waals surface area contributed by atoms with E-state index in [9.17, 15) is 0 Å². The van der Waals surface area contributed by atoms with Crippen LogP contribution >= 0.6 is 0 Å². The first-order valence-electron chi connectivity index (χ1n) is 7.87. The fraction of sp³-hybridized carbons (Fsp3) is 0.938. The molecule has 1 heteroatoms. The lowest BCUT2D eigenvalue weighted by atomic mass is 9.78. The normalized spacial score (nSPS) is 20.5. The lowest BCUT2D eigenvalue weighted by Crippen LogP contribution is -2.26. The molecule has 0 radical (unpaired) electrons. The van der Waals surface area contributed by atoms with Crippen LogP contribution in [0.25, 0.3) is 0 Å². The molecule has 0 N–H and O–H groups in total. The van der Waals surface area contributed by atoms with E-state index in [4.69, 9.17) is 4.99 Å². The monoisotopic (exact) mass is 237 g/mol. The van der Waals surface area contributed by atoms with Crippen LogP contribution in [0.3, 0.4) is 0 Å². The highest BCUT2D eigenvalue weighted by Gasteiger charge is 2.24. The van der Waals surface area contributed by atoms with Crippen LogP contribution in [-0.4, -0.2) is 12.3 Å². The molecule has 0 aliphatic heterocycles. The SMILES string of the molecule is CCCCC(CC)C(=NCC)C1CCCCC1. The van der Waals surface area contributed by atoms with Crippen molar-refractivity contribution in [3.8, 4) is 0 Å². The quantitative estimate of drug-likeness (QED) is 0.537. The van der Waals surface area contributed by atoms with E-state index in [1.165, 1.54) is 57.8 Å². The van der Waals surface area contributed by atoms with Crippen molar-refractivity contribution in [2.24, 2.45) is 16.8 Å². The van der Waals surface area contributed by atoms with Crippen molar-refractivity contribution in [3.05, 3.63) is 0 Å². The molecule has 0 heterocycles. The van der Waals surface area contributed by atoms with Crippen LogP contribution in [-0.2, 0) is 0 Å². The molecule has 1 nitrogen and oxygen atoms in total. The van der Waals surface area contributed by atoms with Crippen molar-refractivity contribution in [1.29, 1.82) is 0 Å². The summed E-state index contributed by atoms with van der Waals surface area (Å²) in [7, 11) is 0. The Kier molecular flexibility index (Phi) is 7.55. The topological polar surface area (TPSA) is 12.4 Å². The van der Waals surface area contributed by atoms with Gasteiger partial charge in [0.1, 0.15) is 0 Å². The number of aliphatic imine (C=N–C) groups is 1. The third-order valence-electron chi connectivity index (χ3n) is 4.18. The van der Waals surface area contributed by atoms with Crippen molar-refractivity contribution in [3.63, 3.8) is 0 Å². The molecule has 1 aliphatic rings. The number of hydrogen-bond donors (Lipinski definition) is 0. The first-order valence-corrected chi connectivity index (χ1v) is 7.87. The molecule has 1 rings (SSSR count). The van der Waals surface area contributed by atoms with E-state index >= 15 is 0 Å². The highest BCUT2D eigenvalue weighted by Crippen LogP contribution is 2.30. The number of hydrogen-bond acceptors (Lipinski definition) is 1. The predicted molar refractivity (Wildman–Crippen MR) is 77.9 cm³/mol. The zero-order chi connectivity index (χ0) is 12.5. The summed E-state index contributed by atoms with van der Waals surface area (Å²) >= 11 is 0. The zero-order valence-electron chi connectivity index (χ0n) is 12.2. The van der Waals surface area contributed by atoms with Crippen LogP contribution in [0.2, 0.25) is 0 Å². The summed E-state index contributed by atoms with van der Waals surface area (Å²) in [6.45, 7) is 7.81. The van der Waals surface area contributed by atoms with Gasteiger partial charge < -0.3 is 0 Å². The average molecular weight is 237 g/mol. The molecule has 0 amide bonds. The van der Waals surface area contributed by atoms with E-state index in [0.29, 0.717) is 0 Å². The van der Waals surface area contributed by atoms with Crippen LogP contribution < -0.4 is 0 Å². The maximum absolute atomic E-state index is 4.89. The minimum Gasteiger partial charge on any atom is -0.294 e. The van der Waals surface area contributed by atoms with Crippen LogP contribution in [0.15, 0.2) is 4.99 Å². The second-order valence-corrected chi connectivity index (χ2v) is 5.48. The fourth-order valence-corrected chi connectivity index (χ4v) is 3.18. The first-order chi connectivity index (χ1) is 8.33. The van der Waals surface area contributed by atoms with E-state index in [2.05, 4.69) is 20.8 Å². The Bertz CT molecular complexity index is 214. The van der Waals surface area contributed by atoms with Gasteiger partial charge in [0.2, 0.25) is 0 Å². The maximum Gasteiger partial charge on any atom is 0.0360 e. The Labute approximate surface area is 108 Å². The van der Waals surface area contributed by atoms with E-state index in [1.54, 1.807) is 5.71 Å². The molecule has 1 atom stereocenters. The van der Waals surface area contributed by atoms with Crippen LogP contribution in [0.4, 0.5) is 0 Å². The van der Waals surface area contributed by atoms with E-state index in [1.807, 2.05) is 0 Å². The van der Waals surface area contributed by atoms with Gasteiger partial charge in [-0.3, -0.25) is 4.99 Å². The van der Waals surface area contributed by atoms with Gasteiger partial charge in [0.05, 0.1) is 0 Å². The molecule has 0 aromatic carbocycles. The lowest BCUT2D eigenvalue weighted by molar-refractivity contribution is 0.416. The molecule has 1 saturated carbocycles. The minimum absolute atomic E-state index is 0.776. The smallest absolute Gasteiger partial charge is 0.0360 e. The van der Waals surface area contributed by atoms with Gasteiger partial charge >= 0.3 is 0 Å². The summed E-state index contributed by atoms with van der Waals surface area (Å²) in [5.41, 5.74) is 1.59. The molecule has 0 aromatic heterocycles. The average Bonchev–Trinajstić information content (AvgIpc) is 2.39. The third-order valence-corrected chi connectivity index (χ3v) is 4.18. The number of nitrogens with zero attached hydrogens (tertiary/aromatic N) is 1. The molecule has 1 unspecified atom stereocenters. The van der Waals surface area contributed by atoms with Crippen molar-refractivity contribution >= 4 is 5.71 Å². The molecule has 17 heavy (non-hydrogen) atoms. The Morgan fingerprint density at radius 3 is 2.35 bits per heavy atom. The van der Waals surface area contributed by atoms with Gasteiger partial charge in [0.15, 0.2) is 0 Å². The van der Waals surface area contributed by atoms with Crippen molar-refractivity contribution in [2.75, 3.05) is 6.54 Å². The molecular weight excluding hydrogens is 206 g/mol. The molecular formula is C16H31N. The highest BCUT2D eigenvalue weighted by molar-refractivity contribution is 5.89. The van der Waals surface area contributed by atoms with E-state index in [-0.39, 0.29) is 0 Å². The molecule has 1 aliphatic carbocycles. The summed E-state index contributed by atoms with van der Waals surface area (Å²) in [5.74, 6) is 1.60. The Morgan fingerprint density at radius 1 is 1.12 bits per heavy atom. The van der Waals surface area contributed by atoms with Crippen LogP contribution in [0.1, 0.15) is 78.6 Å². The summed E-state index contributed by atoms with van der Waals surface area (Å²) < 4.78 is 0. The van der Waals surface area contributed by atoms with E-state index < -0.39 is 0 Å². The van der Waals surface area contributed by atoms with Gasteiger partial charge in [0, 0.05) is 12.3 Å². The summed E-state index contributed by atoms with van der Waals surface area (Å²) in [5, 5.41) is 0. The van der Waals surface area contributed by atoms with Crippen LogP contribution in [0, 0.1) is 11.8 Å². The van der Waals surface area contributed by atoms with Gasteiger partial charge in [-0.25, -0.2) is 0 Å². The maximum atomic E-state index is 4.89. The Morgan fingerprint density at radius 2 is 1.82 bits per heavy atom. The molecule has 100 valence electrons. The van der Waals surface area contributed by atoms with Gasteiger partial charge in [-0.05, 0) is 44.4 Å². The standard InChI is InChI=1S/C16H31N/c1-4-7-11-14(5-2)16(17-6-3)15-12-9-8-10-13-15/h14-15H,4-13H2,1-3H3. The van der Waals surface area contributed by atoms with Crippen LogP contribution in [0.5, 0.6) is 0 Å². The van der Waals surface area contributed by atoms with E-state index in [0.717, 1.165) is 18.4 Å². The highest BCUT2D eigenvalue weighted by atomic mass is 14.7. The largest absolute Gasteiger partial charge is 0.294 e. The molecule has 0 bridgehead atoms. The second kappa shape index (κ2) is 8.72. The minimum atomic E-state index is 0.776. The zero-order valence-corrected chi connectivity index (χ0v) is 12.2. The van der Waals surface area contributed by atoms with Gasteiger partial charge in [-0.15, -0.1) is 0 Å². The first kappa shape index (κ1) is 14.7. The summed E-state index contributed by atoms with van der Waals surface area (Å²) in [4.78, 5) is 4.89. The Balaban J connectivity index is 2.64. The van der Waals surface area contributed by atoms with Crippen molar-refractivity contribution < 1.29 is 0 Å². The molecule has 0 spiro atoms. The van der Waals surface area contributed by atoms with Crippen molar-refractivity contribution in [1.82, 2.24) is 0 Å². The fourth-order valence-electron chi connectivity index (χ4n) is 3.18. The third kappa shape index (κ3) is 4.81. The Hall–Kier alpha value is -0.330. The summed E-state index contributed by atoms with van der Waals surface area (Å²) in [6.07, 6.45) is 12.5. The summed E-state index contributed by atoms with van der Waals surface area (Å²) in [6, 6.07) is 0.